The van der Waals surface area contributed by atoms with E-state index in [-0.39, 0.29) is 5.60 Å². The smallest absolute Gasteiger partial charge is 0.0834 e. The van der Waals surface area contributed by atoms with Gasteiger partial charge < -0.3 is 10.1 Å². The fourth-order valence-electron chi connectivity index (χ4n) is 3.53. The lowest BCUT2D eigenvalue weighted by Crippen LogP contribution is -2.53. The molecule has 1 rings (SSSR count). The molecule has 2 heteroatoms. The third kappa shape index (κ3) is 5.07. The number of rotatable bonds is 8. The van der Waals surface area contributed by atoms with Gasteiger partial charge in [-0.1, -0.05) is 33.6 Å². The summed E-state index contributed by atoms with van der Waals surface area (Å²) < 4.78 is 6.27. The maximum absolute atomic E-state index is 6.27. The first-order valence-electron chi connectivity index (χ1n) is 8.35. The van der Waals surface area contributed by atoms with Crippen molar-refractivity contribution in [3.63, 3.8) is 0 Å². The first-order valence-corrected chi connectivity index (χ1v) is 8.35. The summed E-state index contributed by atoms with van der Waals surface area (Å²) >= 11 is 0. The van der Waals surface area contributed by atoms with Gasteiger partial charge in [-0.25, -0.2) is 0 Å². The predicted molar refractivity (Wildman–Crippen MR) is 83.5 cm³/mol. The third-order valence-electron chi connectivity index (χ3n) is 4.81. The minimum absolute atomic E-state index is 0.104. The summed E-state index contributed by atoms with van der Waals surface area (Å²) in [6.45, 7) is 9.99. The molecule has 0 radical (unpaired) electrons. The van der Waals surface area contributed by atoms with E-state index in [2.05, 4.69) is 40.1 Å². The highest BCUT2D eigenvalue weighted by Gasteiger charge is 2.40. The van der Waals surface area contributed by atoms with Gasteiger partial charge in [0.25, 0.3) is 0 Å². The number of likely N-dealkylation sites (N-methyl/N-ethyl adjacent to an activating group) is 1. The van der Waals surface area contributed by atoms with Crippen LogP contribution in [0.5, 0.6) is 0 Å². The van der Waals surface area contributed by atoms with Crippen molar-refractivity contribution >= 4 is 0 Å². The quantitative estimate of drug-likeness (QED) is 0.706. The third-order valence-corrected chi connectivity index (χ3v) is 4.81. The van der Waals surface area contributed by atoms with Crippen LogP contribution in [0, 0.1) is 11.8 Å². The van der Waals surface area contributed by atoms with Gasteiger partial charge in [-0.05, 0) is 57.9 Å². The second kappa shape index (κ2) is 8.26. The molecule has 0 saturated heterocycles. The molecule has 0 aliphatic heterocycles. The van der Waals surface area contributed by atoms with Crippen LogP contribution in [-0.2, 0) is 4.74 Å². The monoisotopic (exact) mass is 269 g/mol. The minimum atomic E-state index is 0.104. The van der Waals surface area contributed by atoms with Crippen LogP contribution in [0.25, 0.3) is 0 Å². The highest BCUT2D eigenvalue weighted by molar-refractivity contribution is 4.96. The van der Waals surface area contributed by atoms with E-state index in [1.54, 1.807) is 0 Å². The van der Waals surface area contributed by atoms with Crippen molar-refractivity contribution in [3.8, 4) is 0 Å². The van der Waals surface area contributed by atoms with Gasteiger partial charge in [0.15, 0.2) is 0 Å². The molecule has 1 N–H and O–H groups in total. The molecule has 114 valence electrons. The second-order valence-corrected chi connectivity index (χ2v) is 6.85. The van der Waals surface area contributed by atoms with Crippen LogP contribution in [-0.4, -0.2) is 25.3 Å². The maximum Gasteiger partial charge on any atom is 0.0834 e. The van der Waals surface area contributed by atoms with Gasteiger partial charge >= 0.3 is 0 Å². The van der Waals surface area contributed by atoms with Crippen molar-refractivity contribution in [2.45, 2.75) is 84.3 Å². The highest BCUT2D eigenvalue weighted by Crippen LogP contribution is 2.38. The molecule has 1 unspecified atom stereocenters. The molecular weight excluding hydrogens is 234 g/mol. The lowest BCUT2D eigenvalue weighted by atomic mass is 9.74. The Bertz CT molecular complexity index is 231. The van der Waals surface area contributed by atoms with Crippen LogP contribution in [0.15, 0.2) is 0 Å². The van der Waals surface area contributed by atoms with Crippen molar-refractivity contribution in [1.82, 2.24) is 5.32 Å². The molecule has 0 aromatic heterocycles. The molecule has 0 amide bonds. The summed E-state index contributed by atoms with van der Waals surface area (Å²) in [4.78, 5) is 0. The Morgan fingerprint density at radius 2 is 1.84 bits per heavy atom. The standard InChI is InChI=1S/C17H35NO/c1-6-19-17(12-10-15(4)11-13-17)16(18-5)9-7-8-14(2)3/h14-16,18H,6-13H2,1-5H3. The van der Waals surface area contributed by atoms with E-state index in [4.69, 9.17) is 4.74 Å². The van der Waals surface area contributed by atoms with Crippen LogP contribution >= 0.6 is 0 Å². The molecule has 1 aliphatic rings. The lowest BCUT2D eigenvalue weighted by molar-refractivity contribution is -0.0968. The first-order chi connectivity index (χ1) is 9.04. The van der Waals surface area contributed by atoms with Crippen LogP contribution in [0.1, 0.15) is 72.6 Å². The van der Waals surface area contributed by atoms with Crippen molar-refractivity contribution in [2.24, 2.45) is 11.8 Å². The zero-order valence-corrected chi connectivity index (χ0v) is 13.8. The summed E-state index contributed by atoms with van der Waals surface area (Å²) in [5.74, 6) is 1.69. The Balaban J connectivity index is 2.60. The van der Waals surface area contributed by atoms with Gasteiger partial charge in [-0.2, -0.15) is 0 Å². The average molecular weight is 269 g/mol. The summed E-state index contributed by atoms with van der Waals surface area (Å²) in [6.07, 6.45) is 9.00. The van der Waals surface area contributed by atoms with E-state index in [0.29, 0.717) is 6.04 Å². The molecule has 1 fully saturated rings. The maximum atomic E-state index is 6.27. The second-order valence-electron chi connectivity index (χ2n) is 6.85. The largest absolute Gasteiger partial charge is 0.374 e. The van der Waals surface area contributed by atoms with E-state index < -0.39 is 0 Å². The van der Waals surface area contributed by atoms with E-state index in [1.807, 2.05) is 0 Å². The summed E-state index contributed by atoms with van der Waals surface area (Å²) in [7, 11) is 2.11. The summed E-state index contributed by atoms with van der Waals surface area (Å²) in [5.41, 5.74) is 0.104. The molecule has 0 heterocycles. The Hall–Kier alpha value is -0.0800. The van der Waals surface area contributed by atoms with Gasteiger partial charge in [0, 0.05) is 12.6 Å². The van der Waals surface area contributed by atoms with E-state index in [9.17, 15) is 0 Å². The van der Waals surface area contributed by atoms with Crippen molar-refractivity contribution < 1.29 is 4.74 Å². The van der Waals surface area contributed by atoms with Crippen molar-refractivity contribution in [2.75, 3.05) is 13.7 Å². The molecule has 0 aromatic carbocycles. The highest BCUT2D eigenvalue weighted by atomic mass is 16.5. The van der Waals surface area contributed by atoms with E-state index in [0.717, 1.165) is 18.4 Å². The number of nitrogens with one attached hydrogen (secondary N) is 1. The van der Waals surface area contributed by atoms with Crippen LogP contribution in [0.3, 0.4) is 0 Å². The average Bonchev–Trinajstić information content (AvgIpc) is 2.38. The van der Waals surface area contributed by atoms with E-state index >= 15 is 0 Å². The zero-order chi connectivity index (χ0) is 14.3. The fourth-order valence-corrected chi connectivity index (χ4v) is 3.53. The van der Waals surface area contributed by atoms with Gasteiger partial charge in [-0.3, -0.25) is 0 Å². The summed E-state index contributed by atoms with van der Waals surface area (Å²) in [6, 6.07) is 0.527. The molecule has 2 nitrogen and oxygen atoms in total. The Kier molecular flexibility index (Phi) is 7.38. The van der Waals surface area contributed by atoms with Gasteiger partial charge in [0.2, 0.25) is 0 Å². The van der Waals surface area contributed by atoms with Gasteiger partial charge in [-0.15, -0.1) is 0 Å². The van der Waals surface area contributed by atoms with E-state index in [1.165, 1.54) is 44.9 Å². The SMILES string of the molecule is CCOC1(C(CCCC(C)C)NC)CCC(C)CC1. The van der Waals surface area contributed by atoms with Gasteiger partial charge in [0.05, 0.1) is 5.60 Å². The van der Waals surface area contributed by atoms with Crippen LogP contribution in [0.2, 0.25) is 0 Å². The first kappa shape index (κ1) is 17.0. The molecule has 1 saturated carbocycles. The topological polar surface area (TPSA) is 21.3 Å². The molecule has 0 bridgehead atoms. The Morgan fingerprint density at radius 1 is 1.21 bits per heavy atom. The van der Waals surface area contributed by atoms with Crippen LogP contribution < -0.4 is 5.32 Å². The number of hydrogen-bond acceptors (Lipinski definition) is 2. The molecule has 1 atom stereocenters. The number of ether oxygens (including phenoxy) is 1. The zero-order valence-electron chi connectivity index (χ0n) is 13.8. The molecule has 19 heavy (non-hydrogen) atoms. The normalized spacial score (nSPS) is 29.7. The number of hydrogen-bond donors (Lipinski definition) is 1. The minimum Gasteiger partial charge on any atom is -0.374 e. The molecule has 1 aliphatic carbocycles. The van der Waals surface area contributed by atoms with Gasteiger partial charge in [0.1, 0.15) is 0 Å². The van der Waals surface area contributed by atoms with Crippen molar-refractivity contribution in [3.05, 3.63) is 0 Å². The lowest BCUT2D eigenvalue weighted by Gasteiger charge is -2.45. The Morgan fingerprint density at radius 3 is 2.32 bits per heavy atom. The van der Waals surface area contributed by atoms with Crippen molar-refractivity contribution in [1.29, 1.82) is 0 Å². The van der Waals surface area contributed by atoms with Crippen LogP contribution in [0.4, 0.5) is 0 Å². The predicted octanol–water partition coefficient (Wildman–Crippen LogP) is 4.39. The fraction of sp³-hybridized carbons (Fsp3) is 1.00. The summed E-state index contributed by atoms with van der Waals surface area (Å²) in [5, 5.41) is 3.56. The molecule has 0 spiro atoms. The molecular formula is C17H35NO. The Labute approximate surface area is 120 Å². The molecule has 0 aromatic rings.